The standard InChI is InChI=1S/C15H20N2O/c1-10-5-11(8-16-7-10)14-9-17-15-6-12(18-2)3-4-13(14)15/h3-4,6,9-11,16-17H,5,7-8H2,1-2H3/t10-,11+/m1/s1. The molecule has 3 heteroatoms. The van der Waals surface area contributed by atoms with Gasteiger partial charge in [-0.15, -0.1) is 0 Å². The van der Waals surface area contributed by atoms with Gasteiger partial charge in [0.1, 0.15) is 5.75 Å². The van der Waals surface area contributed by atoms with Gasteiger partial charge in [0.15, 0.2) is 0 Å². The van der Waals surface area contributed by atoms with E-state index in [1.165, 1.54) is 22.9 Å². The topological polar surface area (TPSA) is 37.0 Å². The third kappa shape index (κ3) is 1.99. The smallest absolute Gasteiger partial charge is 0.120 e. The van der Waals surface area contributed by atoms with E-state index >= 15 is 0 Å². The van der Waals surface area contributed by atoms with Crippen LogP contribution in [0.2, 0.25) is 0 Å². The van der Waals surface area contributed by atoms with E-state index in [-0.39, 0.29) is 0 Å². The van der Waals surface area contributed by atoms with Crippen molar-refractivity contribution in [1.82, 2.24) is 10.3 Å². The van der Waals surface area contributed by atoms with Gasteiger partial charge in [0, 0.05) is 29.7 Å². The highest BCUT2D eigenvalue weighted by molar-refractivity contribution is 5.85. The number of methoxy groups -OCH3 is 1. The minimum atomic E-state index is 0.621. The van der Waals surface area contributed by atoms with Crippen LogP contribution >= 0.6 is 0 Å². The summed E-state index contributed by atoms with van der Waals surface area (Å²) in [6.07, 6.45) is 3.43. The second kappa shape index (κ2) is 4.65. The molecule has 2 atom stereocenters. The van der Waals surface area contributed by atoms with Gasteiger partial charge in [-0.05, 0) is 42.5 Å². The number of hydrogen-bond donors (Lipinski definition) is 2. The highest BCUT2D eigenvalue weighted by atomic mass is 16.5. The quantitative estimate of drug-likeness (QED) is 0.852. The highest BCUT2D eigenvalue weighted by Gasteiger charge is 2.22. The summed E-state index contributed by atoms with van der Waals surface area (Å²) in [5, 5.41) is 4.85. The Bertz CT molecular complexity index is 546. The number of aromatic nitrogens is 1. The molecule has 96 valence electrons. The molecular formula is C15H20N2O. The lowest BCUT2D eigenvalue weighted by Crippen LogP contribution is -2.33. The second-order valence-corrected chi connectivity index (χ2v) is 5.35. The third-order valence-electron chi connectivity index (χ3n) is 3.93. The molecule has 1 aliphatic heterocycles. The van der Waals surface area contributed by atoms with E-state index in [0.29, 0.717) is 5.92 Å². The highest BCUT2D eigenvalue weighted by Crippen LogP contribution is 2.32. The van der Waals surface area contributed by atoms with Gasteiger partial charge < -0.3 is 15.0 Å². The molecule has 0 unspecified atom stereocenters. The molecule has 1 aliphatic rings. The molecule has 0 bridgehead atoms. The number of aromatic amines is 1. The average Bonchev–Trinajstić information content (AvgIpc) is 2.81. The fourth-order valence-corrected chi connectivity index (χ4v) is 2.99. The molecule has 0 spiro atoms. The lowest BCUT2D eigenvalue weighted by molar-refractivity contribution is 0.365. The van der Waals surface area contributed by atoms with Crippen molar-refractivity contribution in [3.63, 3.8) is 0 Å². The summed E-state index contributed by atoms with van der Waals surface area (Å²) in [5.74, 6) is 2.29. The van der Waals surface area contributed by atoms with Crippen molar-refractivity contribution < 1.29 is 4.74 Å². The largest absolute Gasteiger partial charge is 0.497 e. The summed E-state index contributed by atoms with van der Waals surface area (Å²) in [6, 6.07) is 6.27. The Hall–Kier alpha value is -1.48. The van der Waals surface area contributed by atoms with E-state index in [2.05, 4.69) is 35.6 Å². The summed E-state index contributed by atoms with van der Waals surface area (Å²) in [7, 11) is 1.71. The van der Waals surface area contributed by atoms with Crippen molar-refractivity contribution in [2.75, 3.05) is 20.2 Å². The predicted octanol–water partition coefficient (Wildman–Crippen LogP) is 2.89. The summed E-state index contributed by atoms with van der Waals surface area (Å²) in [5.41, 5.74) is 2.61. The first-order valence-electron chi connectivity index (χ1n) is 6.63. The number of H-pyrrole nitrogens is 1. The molecule has 2 N–H and O–H groups in total. The summed E-state index contributed by atoms with van der Waals surface area (Å²) >= 11 is 0. The molecule has 1 saturated heterocycles. The monoisotopic (exact) mass is 244 g/mol. The van der Waals surface area contributed by atoms with Crippen LogP contribution in [-0.2, 0) is 0 Å². The van der Waals surface area contributed by atoms with Gasteiger partial charge in [0.2, 0.25) is 0 Å². The maximum Gasteiger partial charge on any atom is 0.120 e. The van der Waals surface area contributed by atoms with Crippen molar-refractivity contribution >= 4 is 10.9 Å². The molecule has 18 heavy (non-hydrogen) atoms. The van der Waals surface area contributed by atoms with E-state index in [0.717, 1.165) is 24.8 Å². The maximum atomic E-state index is 5.26. The van der Waals surface area contributed by atoms with E-state index in [1.807, 2.05) is 6.07 Å². The average molecular weight is 244 g/mol. The minimum Gasteiger partial charge on any atom is -0.497 e. The van der Waals surface area contributed by atoms with Gasteiger partial charge in [-0.1, -0.05) is 6.92 Å². The number of piperidine rings is 1. The Balaban J connectivity index is 1.97. The van der Waals surface area contributed by atoms with E-state index < -0.39 is 0 Å². The number of hydrogen-bond acceptors (Lipinski definition) is 2. The number of fused-ring (bicyclic) bond motifs is 1. The number of rotatable bonds is 2. The van der Waals surface area contributed by atoms with Gasteiger partial charge in [-0.3, -0.25) is 0 Å². The molecule has 1 aromatic carbocycles. The first kappa shape index (κ1) is 11.6. The fourth-order valence-electron chi connectivity index (χ4n) is 2.99. The van der Waals surface area contributed by atoms with Gasteiger partial charge in [-0.25, -0.2) is 0 Å². The normalized spacial score (nSPS) is 24.3. The summed E-state index contributed by atoms with van der Waals surface area (Å²) in [6.45, 7) is 4.55. The Kier molecular flexibility index (Phi) is 3.00. The number of benzene rings is 1. The Morgan fingerprint density at radius 2 is 2.17 bits per heavy atom. The van der Waals surface area contributed by atoms with Gasteiger partial charge in [0.25, 0.3) is 0 Å². The van der Waals surface area contributed by atoms with Gasteiger partial charge in [-0.2, -0.15) is 0 Å². The summed E-state index contributed by atoms with van der Waals surface area (Å²) < 4.78 is 5.26. The first-order chi connectivity index (χ1) is 8.78. The van der Waals surface area contributed by atoms with Gasteiger partial charge >= 0.3 is 0 Å². The molecular weight excluding hydrogens is 224 g/mol. The van der Waals surface area contributed by atoms with E-state index in [9.17, 15) is 0 Å². The van der Waals surface area contributed by atoms with Crippen LogP contribution in [0.1, 0.15) is 24.8 Å². The number of ether oxygens (including phenoxy) is 1. The molecule has 0 amide bonds. The van der Waals surface area contributed by atoms with Crippen molar-refractivity contribution in [1.29, 1.82) is 0 Å². The van der Waals surface area contributed by atoms with Crippen LogP contribution in [0.25, 0.3) is 10.9 Å². The zero-order valence-electron chi connectivity index (χ0n) is 11.0. The van der Waals surface area contributed by atoms with Crippen LogP contribution in [0.4, 0.5) is 0 Å². The first-order valence-corrected chi connectivity index (χ1v) is 6.63. The van der Waals surface area contributed by atoms with Crippen LogP contribution in [0.5, 0.6) is 5.75 Å². The predicted molar refractivity (Wildman–Crippen MR) is 74.2 cm³/mol. The molecule has 0 aliphatic carbocycles. The van der Waals surface area contributed by atoms with Crippen molar-refractivity contribution in [2.24, 2.45) is 5.92 Å². The lowest BCUT2D eigenvalue weighted by atomic mass is 9.86. The van der Waals surface area contributed by atoms with Crippen LogP contribution in [-0.4, -0.2) is 25.2 Å². The molecule has 1 fully saturated rings. The molecule has 1 aromatic heterocycles. The SMILES string of the molecule is COc1ccc2c([C@@H]3CNC[C@H](C)C3)c[nH]c2c1. The minimum absolute atomic E-state index is 0.621. The number of nitrogens with one attached hydrogen (secondary N) is 2. The molecule has 0 saturated carbocycles. The maximum absolute atomic E-state index is 5.26. The van der Waals surface area contributed by atoms with E-state index in [1.54, 1.807) is 7.11 Å². The lowest BCUT2D eigenvalue weighted by Gasteiger charge is -2.27. The fraction of sp³-hybridized carbons (Fsp3) is 0.467. The van der Waals surface area contributed by atoms with Crippen LogP contribution < -0.4 is 10.1 Å². The Labute approximate surface area is 108 Å². The third-order valence-corrected chi connectivity index (χ3v) is 3.93. The Morgan fingerprint density at radius 3 is 2.94 bits per heavy atom. The molecule has 3 rings (SSSR count). The van der Waals surface area contributed by atoms with Crippen molar-refractivity contribution in [2.45, 2.75) is 19.3 Å². The van der Waals surface area contributed by atoms with Crippen LogP contribution in [0, 0.1) is 5.92 Å². The van der Waals surface area contributed by atoms with Crippen LogP contribution in [0.15, 0.2) is 24.4 Å². The molecule has 2 heterocycles. The zero-order valence-corrected chi connectivity index (χ0v) is 11.0. The zero-order chi connectivity index (χ0) is 12.5. The molecule has 0 radical (unpaired) electrons. The van der Waals surface area contributed by atoms with Crippen molar-refractivity contribution in [3.8, 4) is 5.75 Å². The molecule has 2 aromatic rings. The summed E-state index contributed by atoms with van der Waals surface area (Å²) in [4.78, 5) is 3.37. The van der Waals surface area contributed by atoms with Crippen molar-refractivity contribution in [3.05, 3.63) is 30.0 Å². The second-order valence-electron chi connectivity index (χ2n) is 5.35. The molecule has 3 nitrogen and oxygen atoms in total. The van der Waals surface area contributed by atoms with Gasteiger partial charge in [0.05, 0.1) is 7.11 Å². The van der Waals surface area contributed by atoms with E-state index in [4.69, 9.17) is 4.74 Å². The Morgan fingerprint density at radius 1 is 1.28 bits per heavy atom. The van der Waals surface area contributed by atoms with Crippen LogP contribution in [0.3, 0.4) is 0 Å².